The van der Waals surface area contributed by atoms with Gasteiger partial charge in [-0.15, -0.1) is 32.9 Å². The summed E-state index contributed by atoms with van der Waals surface area (Å²) in [5.41, 5.74) is 10.4. The molecule has 0 spiro atoms. The number of fused-ring (bicyclic) bond motifs is 3. The number of hydrogen-bond donors (Lipinski definition) is 3. The highest BCUT2D eigenvalue weighted by Crippen LogP contribution is 2.41. The molecule has 72 heavy (non-hydrogen) atoms. The number of thiophene rings is 1. The lowest BCUT2D eigenvalue weighted by molar-refractivity contribution is -0.135. The molecule has 10 rings (SSSR count). The maximum Gasteiger partial charge on any atom is 0.224 e. The van der Waals surface area contributed by atoms with Gasteiger partial charge < -0.3 is 20.6 Å². The van der Waals surface area contributed by atoms with Gasteiger partial charge in [-0.05, 0) is 106 Å². The number of benzene rings is 2. The highest BCUT2D eigenvalue weighted by atomic mass is 35.5. The molecule has 15 nitrogen and oxygen atoms in total. The topological polar surface area (TPSA) is 185 Å². The molecule has 0 bridgehead atoms. The lowest BCUT2D eigenvalue weighted by Gasteiger charge is -2.27. The number of Topliss-reactive ketones (excluding diaryl/α,β-unsaturated/α-hetero) is 1. The second-order valence-corrected chi connectivity index (χ2v) is 22.3. The van der Waals surface area contributed by atoms with Crippen LogP contribution in [0.3, 0.4) is 0 Å². The Morgan fingerprint density at radius 2 is 1.65 bits per heavy atom. The molecule has 1 saturated heterocycles. The Balaban J connectivity index is 0.796. The van der Waals surface area contributed by atoms with Crippen LogP contribution in [0, 0.1) is 45.4 Å². The van der Waals surface area contributed by atoms with Crippen LogP contribution in [0.2, 0.25) is 5.02 Å². The van der Waals surface area contributed by atoms with Crippen LogP contribution in [-0.2, 0) is 14.4 Å². The summed E-state index contributed by atoms with van der Waals surface area (Å²) in [5.74, 6) is 0.179. The molecule has 0 radical (unpaired) electrons. The van der Waals surface area contributed by atoms with E-state index in [1.54, 1.807) is 39.7 Å². The van der Waals surface area contributed by atoms with Crippen LogP contribution in [0.25, 0.3) is 26.6 Å². The third kappa shape index (κ3) is 9.66. The number of thiazole rings is 1. The van der Waals surface area contributed by atoms with Gasteiger partial charge >= 0.3 is 0 Å². The van der Waals surface area contributed by atoms with Crippen LogP contribution in [0.5, 0.6) is 0 Å². The van der Waals surface area contributed by atoms with Gasteiger partial charge in [0.25, 0.3) is 0 Å². The number of carbonyl (C=O) groups excluding carboxylic acids is 3. The van der Waals surface area contributed by atoms with Crippen molar-refractivity contribution in [2.24, 2.45) is 22.7 Å². The van der Waals surface area contributed by atoms with E-state index in [2.05, 4.69) is 49.1 Å². The molecule has 2 amide bonds. The van der Waals surface area contributed by atoms with Gasteiger partial charge in [-0.2, -0.15) is 5.10 Å². The van der Waals surface area contributed by atoms with E-state index >= 15 is 0 Å². The number of aromatic nitrogens is 7. The predicted octanol–water partition coefficient (Wildman–Crippen LogP) is 9.31. The van der Waals surface area contributed by atoms with E-state index in [4.69, 9.17) is 26.7 Å². The quantitative estimate of drug-likeness (QED) is 0.0949. The Kier molecular flexibility index (Phi) is 13.8. The number of aliphatic hydroxyl groups is 1. The highest BCUT2D eigenvalue weighted by Gasteiger charge is 2.45. The molecule has 7 atom stereocenters. The van der Waals surface area contributed by atoms with Crippen LogP contribution in [0.15, 0.2) is 89.8 Å². The first-order valence-corrected chi connectivity index (χ1v) is 26.6. The average molecular weight is 1020 g/mol. The SMILES string of the molecule is Cc1ncsc1-c1ccc([C@H](C)NC(=O)[C@@H]2C[C@@H](O)CC2C(=O)[C@H](C(C)C)n2cc(-c3ccnc(N4CC[C@H](NC(=O)C[C@@H]5N=C(c6ccc(Cl)cc6)c6c(sc(C)c6C)-n6c(C)nnc65)C4)c3)cn2)cc1. The molecule has 7 aromatic rings. The molecule has 1 unspecified atom stereocenters. The second kappa shape index (κ2) is 20.2. The van der Waals surface area contributed by atoms with Gasteiger partial charge in [0, 0.05) is 64.0 Å². The van der Waals surface area contributed by atoms with Crippen LogP contribution >= 0.6 is 34.3 Å². The van der Waals surface area contributed by atoms with Gasteiger partial charge in [-0.25, -0.2) is 9.97 Å². The molecule has 2 aromatic carbocycles. The second-order valence-electron chi connectivity index (χ2n) is 19.8. The summed E-state index contributed by atoms with van der Waals surface area (Å²) >= 11 is 9.57. The zero-order valence-corrected chi connectivity index (χ0v) is 43.7. The molecule has 1 saturated carbocycles. The van der Waals surface area contributed by atoms with Crippen molar-refractivity contribution in [3.63, 3.8) is 0 Å². The maximum atomic E-state index is 14.6. The lowest BCUT2D eigenvalue weighted by Crippen LogP contribution is -2.39. The summed E-state index contributed by atoms with van der Waals surface area (Å²) in [6.45, 7) is 15.3. The Hall–Kier alpha value is -6.40. The highest BCUT2D eigenvalue weighted by molar-refractivity contribution is 7.15. The van der Waals surface area contributed by atoms with Crippen molar-refractivity contribution in [3.05, 3.63) is 134 Å². The molecule has 3 aliphatic rings. The molecule has 2 fully saturated rings. The molecule has 18 heteroatoms. The Morgan fingerprint density at radius 3 is 2.39 bits per heavy atom. The number of nitrogens with zero attached hydrogens (tertiary/aromatic N) is 9. The summed E-state index contributed by atoms with van der Waals surface area (Å²) in [5, 5.41) is 32.7. The summed E-state index contributed by atoms with van der Waals surface area (Å²) in [4.78, 5) is 61.3. The molecular formula is C54H58ClN11O4S2. The third-order valence-corrected chi connectivity index (χ3v) is 16.9. The first kappa shape index (κ1) is 49.2. The number of amides is 2. The zero-order valence-electron chi connectivity index (χ0n) is 41.3. The van der Waals surface area contributed by atoms with Crippen molar-refractivity contribution in [2.45, 2.75) is 104 Å². The van der Waals surface area contributed by atoms with Crippen molar-refractivity contribution in [1.82, 2.24) is 45.1 Å². The maximum absolute atomic E-state index is 14.6. The Morgan fingerprint density at radius 1 is 0.903 bits per heavy atom. The first-order chi connectivity index (χ1) is 34.6. The number of nitrogens with one attached hydrogen (secondary N) is 2. The summed E-state index contributed by atoms with van der Waals surface area (Å²) in [6, 6.07) is 18.0. The smallest absolute Gasteiger partial charge is 0.224 e. The zero-order chi connectivity index (χ0) is 50.5. The van der Waals surface area contributed by atoms with Gasteiger partial charge in [0.05, 0.1) is 52.5 Å². The standard InChI is InChI=1S/C54H58ClN11O4S2/c1-28(2)49(50(69)42-21-41(67)22-43(42)53(70)59-30(4)34-8-10-36(11-9-34)51-31(5)57-27-71-51)65-25-38(24-58-65)37-16-18-56-45(20-37)64-19-17-40(26-64)60-46(68)23-44-52-63-62-33(7)66(52)54-47(29(3)32(6)72-54)48(61-44)35-12-14-39(55)15-13-35/h8-16,18,20,24-25,27-28,30,40-44,49,67H,17,19,21-23,26H2,1-7H3,(H,59,70)(H,60,68)/t30-,40-,41-,42?,43+,44-,49-/m0/s1. The van der Waals surface area contributed by atoms with E-state index in [0.717, 1.165) is 78.3 Å². The van der Waals surface area contributed by atoms with Gasteiger partial charge in [0.2, 0.25) is 11.8 Å². The summed E-state index contributed by atoms with van der Waals surface area (Å²) in [7, 11) is 0. The minimum absolute atomic E-state index is 0.0920. The first-order valence-electron chi connectivity index (χ1n) is 24.6. The van der Waals surface area contributed by atoms with E-state index in [9.17, 15) is 19.5 Å². The number of aliphatic hydroxyl groups excluding tert-OH is 1. The molecule has 3 N–H and O–H groups in total. The molecule has 1 aliphatic carbocycles. The van der Waals surface area contributed by atoms with Crippen molar-refractivity contribution >= 4 is 63.4 Å². The number of aryl methyl sites for hydroxylation is 3. The van der Waals surface area contributed by atoms with E-state index < -0.39 is 30.0 Å². The molecule has 372 valence electrons. The van der Waals surface area contributed by atoms with E-state index in [0.29, 0.717) is 23.9 Å². The van der Waals surface area contributed by atoms with E-state index in [1.807, 2.05) is 107 Å². The number of ketones is 1. The predicted molar refractivity (Wildman–Crippen MR) is 282 cm³/mol. The Labute approximate surface area is 431 Å². The average Bonchev–Trinajstić information content (AvgIpc) is 4.24. The van der Waals surface area contributed by atoms with Gasteiger partial charge in [-0.3, -0.25) is 28.6 Å². The number of hydrogen-bond acceptors (Lipinski definition) is 13. The van der Waals surface area contributed by atoms with Gasteiger partial charge in [0.15, 0.2) is 11.6 Å². The van der Waals surface area contributed by atoms with E-state index in [1.165, 1.54) is 4.88 Å². The van der Waals surface area contributed by atoms with Gasteiger partial charge in [-0.1, -0.05) is 61.8 Å². The number of anilines is 1. The lowest BCUT2D eigenvalue weighted by atomic mass is 9.84. The van der Waals surface area contributed by atoms with Crippen molar-refractivity contribution < 1.29 is 19.5 Å². The van der Waals surface area contributed by atoms with Crippen molar-refractivity contribution in [2.75, 3.05) is 18.0 Å². The molecule has 7 heterocycles. The number of carbonyl (C=O) groups is 3. The minimum Gasteiger partial charge on any atom is -0.393 e. The number of pyridine rings is 1. The van der Waals surface area contributed by atoms with Crippen LogP contribution in [-0.4, -0.2) is 88.2 Å². The van der Waals surface area contributed by atoms with Crippen LogP contribution < -0.4 is 15.5 Å². The molecular weight excluding hydrogens is 966 g/mol. The largest absolute Gasteiger partial charge is 0.393 e. The number of aliphatic imine (C=N–C) groups is 1. The fraction of sp³-hybridized carbons (Fsp3) is 0.389. The van der Waals surface area contributed by atoms with Crippen LogP contribution in [0.1, 0.15) is 109 Å². The molecule has 2 aliphatic heterocycles. The van der Waals surface area contributed by atoms with Crippen molar-refractivity contribution in [1.29, 1.82) is 0 Å². The minimum atomic E-state index is -0.762. The number of rotatable bonds is 14. The third-order valence-electron chi connectivity index (χ3n) is 14.5. The van der Waals surface area contributed by atoms with E-state index in [-0.39, 0.29) is 54.9 Å². The fourth-order valence-electron chi connectivity index (χ4n) is 10.6. The summed E-state index contributed by atoms with van der Waals surface area (Å²) in [6.07, 6.45) is 5.90. The van der Waals surface area contributed by atoms with Gasteiger partial charge in [0.1, 0.15) is 28.7 Å². The monoisotopic (exact) mass is 1020 g/mol. The number of halogens is 1. The summed E-state index contributed by atoms with van der Waals surface area (Å²) < 4.78 is 3.76. The van der Waals surface area contributed by atoms with Crippen LogP contribution in [0.4, 0.5) is 5.82 Å². The normalized spacial score (nSPS) is 20.4. The Bertz CT molecular complexity index is 3190. The fourth-order valence-corrected chi connectivity index (χ4v) is 12.7. The molecule has 5 aromatic heterocycles. The van der Waals surface area contributed by atoms with Crippen molar-refractivity contribution in [3.8, 4) is 26.6 Å².